The van der Waals surface area contributed by atoms with Crippen LogP contribution in [0, 0.1) is 0 Å². The summed E-state index contributed by atoms with van der Waals surface area (Å²) in [6.07, 6.45) is -3.09. The van der Waals surface area contributed by atoms with E-state index in [-0.39, 0.29) is 11.6 Å². The quantitative estimate of drug-likeness (QED) is 0.861. The fourth-order valence-electron chi connectivity index (χ4n) is 2.19. The van der Waals surface area contributed by atoms with E-state index in [2.05, 4.69) is 0 Å². The van der Waals surface area contributed by atoms with Gasteiger partial charge in [-0.05, 0) is 25.0 Å². The number of nitrogens with zero attached hydrogens (tertiary/aromatic N) is 1. The first kappa shape index (κ1) is 16.3. The van der Waals surface area contributed by atoms with Crippen molar-refractivity contribution in [2.24, 2.45) is 0 Å². The van der Waals surface area contributed by atoms with Crippen LogP contribution in [0.1, 0.15) is 42.6 Å². The molecule has 2 N–H and O–H groups in total. The van der Waals surface area contributed by atoms with E-state index in [1.807, 2.05) is 13.8 Å². The van der Waals surface area contributed by atoms with Crippen molar-refractivity contribution in [1.82, 2.24) is 4.90 Å². The maximum atomic E-state index is 12.8. The summed E-state index contributed by atoms with van der Waals surface area (Å²) in [7, 11) is 1.58. The van der Waals surface area contributed by atoms with Gasteiger partial charge in [-0.3, -0.25) is 4.79 Å². The Kier molecular flexibility index (Phi) is 5.03. The Hall–Kier alpha value is -1.72. The van der Waals surface area contributed by atoms with Crippen LogP contribution in [-0.4, -0.2) is 23.9 Å². The van der Waals surface area contributed by atoms with Crippen LogP contribution < -0.4 is 5.73 Å². The number of carbonyl (C=O) groups is 1. The van der Waals surface area contributed by atoms with Crippen LogP contribution >= 0.6 is 0 Å². The summed E-state index contributed by atoms with van der Waals surface area (Å²) in [6, 6.07) is 3.39. The number of hydrogen-bond acceptors (Lipinski definition) is 2. The zero-order chi connectivity index (χ0) is 15.5. The average molecular weight is 288 g/mol. The maximum absolute atomic E-state index is 12.8. The molecule has 1 amide bonds. The first-order valence-electron chi connectivity index (χ1n) is 6.46. The van der Waals surface area contributed by atoms with E-state index in [9.17, 15) is 18.0 Å². The number of para-hydroxylation sites is 1. The lowest BCUT2D eigenvalue weighted by molar-refractivity contribution is -0.136. The van der Waals surface area contributed by atoms with Gasteiger partial charge in [-0.1, -0.05) is 19.9 Å². The number of carbonyl (C=O) groups excluding carboxylic acids is 1. The van der Waals surface area contributed by atoms with Gasteiger partial charge in [-0.15, -0.1) is 0 Å². The van der Waals surface area contributed by atoms with Crippen molar-refractivity contribution in [3.63, 3.8) is 0 Å². The number of alkyl halides is 3. The fourth-order valence-corrected chi connectivity index (χ4v) is 2.19. The molecule has 6 heteroatoms. The van der Waals surface area contributed by atoms with Crippen molar-refractivity contribution in [2.75, 3.05) is 12.8 Å². The normalized spacial score (nSPS) is 11.8. The number of halogens is 3. The second-order valence-electron chi connectivity index (χ2n) is 4.65. The standard InChI is InChI=1S/C14H19F3N2O/c1-4-9(5-2)19(3)13(20)10-7-6-8-11(12(10)18)14(15,16)17/h6-9H,4-5,18H2,1-3H3. The van der Waals surface area contributed by atoms with Crippen LogP contribution in [0.4, 0.5) is 18.9 Å². The summed E-state index contributed by atoms with van der Waals surface area (Å²) in [5, 5.41) is 0. The Morgan fingerprint density at radius 3 is 2.30 bits per heavy atom. The highest BCUT2D eigenvalue weighted by Gasteiger charge is 2.35. The van der Waals surface area contributed by atoms with E-state index in [1.54, 1.807) is 7.05 Å². The molecule has 0 bridgehead atoms. The molecule has 0 heterocycles. The molecule has 0 aliphatic rings. The first-order valence-corrected chi connectivity index (χ1v) is 6.46. The third-order valence-corrected chi connectivity index (χ3v) is 3.45. The molecule has 1 rings (SSSR count). The van der Waals surface area contributed by atoms with Gasteiger partial charge in [0.05, 0.1) is 16.8 Å². The molecule has 3 nitrogen and oxygen atoms in total. The van der Waals surface area contributed by atoms with Gasteiger partial charge in [0.2, 0.25) is 0 Å². The summed E-state index contributed by atoms with van der Waals surface area (Å²) in [6.45, 7) is 3.85. The molecular formula is C14H19F3N2O. The summed E-state index contributed by atoms with van der Waals surface area (Å²) in [5.41, 5.74) is 3.94. The molecule has 0 radical (unpaired) electrons. The van der Waals surface area contributed by atoms with E-state index in [4.69, 9.17) is 5.73 Å². The van der Waals surface area contributed by atoms with E-state index in [0.717, 1.165) is 18.9 Å². The lowest BCUT2D eigenvalue weighted by atomic mass is 10.0. The number of nitrogens with two attached hydrogens (primary N) is 1. The second kappa shape index (κ2) is 6.15. The van der Waals surface area contributed by atoms with E-state index in [0.29, 0.717) is 0 Å². The minimum Gasteiger partial charge on any atom is -0.398 e. The fraction of sp³-hybridized carbons (Fsp3) is 0.500. The van der Waals surface area contributed by atoms with Gasteiger partial charge in [0.15, 0.2) is 0 Å². The Balaban J connectivity index is 3.18. The SMILES string of the molecule is CCC(CC)N(C)C(=O)c1cccc(C(F)(F)F)c1N. The summed E-state index contributed by atoms with van der Waals surface area (Å²) < 4.78 is 38.3. The van der Waals surface area contributed by atoms with Crippen LogP contribution in [0.15, 0.2) is 18.2 Å². The molecule has 0 atom stereocenters. The van der Waals surface area contributed by atoms with Gasteiger partial charge in [-0.2, -0.15) is 13.2 Å². The Labute approximate surface area is 116 Å². The van der Waals surface area contributed by atoms with E-state index >= 15 is 0 Å². The molecule has 112 valence electrons. The minimum absolute atomic E-state index is 0.0172. The van der Waals surface area contributed by atoms with E-state index < -0.39 is 23.3 Å². The van der Waals surface area contributed by atoms with Gasteiger partial charge in [-0.25, -0.2) is 0 Å². The van der Waals surface area contributed by atoms with Gasteiger partial charge in [0, 0.05) is 13.1 Å². The van der Waals surface area contributed by atoms with E-state index in [1.165, 1.54) is 17.0 Å². The van der Waals surface area contributed by atoms with Crippen LogP contribution in [0.25, 0.3) is 0 Å². The molecule has 0 fully saturated rings. The summed E-state index contributed by atoms with van der Waals surface area (Å²) in [5.74, 6) is -0.484. The third kappa shape index (κ3) is 3.23. The maximum Gasteiger partial charge on any atom is 0.418 e. The second-order valence-corrected chi connectivity index (χ2v) is 4.65. The number of rotatable bonds is 4. The number of nitrogen functional groups attached to an aromatic ring is 1. The Morgan fingerprint density at radius 1 is 1.30 bits per heavy atom. The van der Waals surface area contributed by atoms with Gasteiger partial charge >= 0.3 is 6.18 Å². The molecule has 1 aromatic rings. The van der Waals surface area contributed by atoms with Crippen LogP contribution in [0.3, 0.4) is 0 Å². The van der Waals surface area contributed by atoms with Gasteiger partial charge in [0.1, 0.15) is 0 Å². The third-order valence-electron chi connectivity index (χ3n) is 3.45. The largest absolute Gasteiger partial charge is 0.418 e. The summed E-state index contributed by atoms with van der Waals surface area (Å²) in [4.78, 5) is 13.7. The zero-order valence-electron chi connectivity index (χ0n) is 11.8. The number of amides is 1. The monoisotopic (exact) mass is 288 g/mol. The van der Waals surface area contributed by atoms with Crippen molar-refractivity contribution in [2.45, 2.75) is 38.9 Å². The molecule has 0 saturated heterocycles. The molecule has 20 heavy (non-hydrogen) atoms. The van der Waals surface area contributed by atoms with Crippen LogP contribution in [0.5, 0.6) is 0 Å². The minimum atomic E-state index is -4.56. The van der Waals surface area contributed by atoms with Crippen molar-refractivity contribution >= 4 is 11.6 Å². The lowest BCUT2D eigenvalue weighted by Crippen LogP contribution is -2.36. The number of hydrogen-bond donors (Lipinski definition) is 1. The Morgan fingerprint density at radius 2 is 1.85 bits per heavy atom. The first-order chi connectivity index (χ1) is 9.23. The predicted octanol–water partition coefficient (Wildman–Crippen LogP) is 3.55. The van der Waals surface area contributed by atoms with Crippen molar-refractivity contribution in [3.05, 3.63) is 29.3 Å². The van der Waals surface area contributed by atoms with Crippen molar-refractivity contribution in [3.8, 4) is 0 Å². The number of benzene rings is 1. The zero-order valence-corrected chi connectivity index (χ0v) is 11.8. The molecule has 0 spiro atoms. The van der Waals surface area contributed by atoms with Crippen molar-refractivity contribution in [1.29, 1.82) is 0 Å². The van der Waals surface area contributed by atoms with Gasteiger partial charge < -0.3 is 10.6 Å². The molecular weight excluding hydrogens is 269 g/mol. The van der Waals surface area contributed by atoms with Gasteiger partial charge in [0.25, 0.3) is 5.91 Å². The average Bonchev–Trinajstić information content (AvgIpc) is 2.38. The molecule has 0 aliphatic carbocycles. The smallest absolute Gasteiger partial charge is 0.398 e. The lowest BCUT2D eigenvalue weighted by Gasteiger charge is -2.27. The summed E-state index contributed by atoms with van der Waals surface area (Å²) >= 11 is 0. The molecule has 0 saturated carbocycles. The van der Waals surface area contributed by atoms with Crippen LogP contribution in [-0.2, 0) is 6.18 Å². The molecule has 0 unspecified atom stereocenters. The highest BCUT2D eigenvalue weighted by molar-refractivity contribution is 5.99. The highest BCUT2D eigenvalue weighted by Crippen LogP contribution is 2.35. The molecule has 1 aromatic carbocycles. The number of anilines is 1. The predicted molar refractivity (Wildman–Crippen MR) is 72.3 cm³/mol. The molecule has 0 aliphatic heterocycles. The van der Waals surface area contributed by atoms with Crippen molar-refractivity contribution < 1.29 is 18.0 Å². The topological polar surface area (TPSA) is 46.3 Å². The van der Waals surface area contributed by atoms with Crippen LogP contribution in [0.2, 0.25) is 0 Å². The Bertz CT molecular complexity index is 482. The molecule has 0 aromatic heterocycles. The highest BCUT2D eigenvalue weighted by atomic mass is 19.4.